The number of halogens is 1. The average molecular weight is 448 g/mol. The van der Waals surface area contributed by atoms with Crippen molar-refractivity contribution in [3.63, 3.8) is 0 Å². The van der Waals surface area contributed by atoms with E-state index in [-0.39, 0.29) is 5.56 Å². The molecule has 0 saturated carbocycles. The molecule has 0 aliphatic rings. The molecule has 5 aromatic rings. The monoisotopic (exact) mass is 447 g/mol. The Labute approximate surface area is 173 Å². The summed E-state index contributed by atoms with van der Waals surface area (Å²) >= 11 is 3.46. The number of hydrogen-bond donors (Lipinski definition) is 0. The van der Waals surface area contributed by atoms with Gasteiger partial charge in [0, 0.05) is 9.86 Å². The van der Waals surface area contributed by atoms with Crippen molar-refractivity contribution in [1.29, 1.82) is 0 Å². The highest BCUT2D eigenvalue weighted by Gasteiger charge is 2.16. The van der Waals surface area contributed by atoms with Gasteiger partial charge in [-0.25, -0.2) is 4.98 Å². The topological polar surface area (TPSA) is 73.5 Å². The standard InChI is InChI=1S/C22H14BrN3O3/c1-13-6-8-16(28-13)12-24-26-21(25-18-5-3-2-4-17(18)22(26)27)20-11-14-10-15(23)7-9-19(14)29-20/h2-12H,1H3. The molecule has 0 aliphatic heterocycles. The molecule has 3 aromatic heterocycles. The van der Waals surface area contributed by atoms with Crippen LogP contribution in [0.4, 0.5) is 0 Å². The molecule has 7 heteroatoms. The summed E-state index contributed by atoms with van der Waals surface area (Å²) in [5.74, 6) is 2.08. The lowest BCUT2D eigenvalue weighted by molar-refractivity contribution is 0.527. The summed E-state index contributed by atoms with van der Waals surface area (Å²) in [6, 6.07) is 18.3. The SMILES string of the molecule is Cc1ccc(C=Nn2c(-c3cc4cc(Br)ccc4o3)nc3ccccc3c2=O)o1. The van der Waals surface area contributed by atoms with E-state index in [0.717, 1.165) is 15.6 Å². The minimum atomic E-state index is -0.285. The maximum atomic E-state index is 13.1. The van der Waals surface area contributed by atoms with Gasteiger partial charge in [-0.3, -0.25) is 4.79 Å². The molecule has 0 aliphatic carbocycles. The molecule has 5 rings (SSSR count). The molecule has 3 heterocycles. The van der Waals surface area contributed by atoms with Crippen LogP contribution in [0, 0.1) is 6.92 Å². The number of furan rings is 2. The quantitative estimate of drug-likeness (QED) is 0.349. The van der Waals surface area contributed by atoms with Crippen LogP contribution in [0.3, 0.4) is 0 Å². The van der Waals surface area contributed by atoms with Crippen molar-refractivity contribution in [2.45, 2.75) is 6.92 Å². The predicted molar refractivity (Wildman–Crippen MR) is 115 cm³/mol. The fourth-order valence-electron chi connectivity index (χ4n) is 3.15. The summed E-state index contributed by atoms with van der Waals surface area (Å²) in [7, 11) is 0. The molecule has 6 nitrogen and oxygen atoms in total. The Hall–Kier alpha value is -3.45. The molecule has 0 spiro atoms. The average Bonchev–Trinajstić information content (AvgIpc) is 3.32. The third kappa shape index (κ3) is 3.19. The predicted octanol–water partition coefficient (Wildman–Crippen LogP) is 5.36. The van der Waals surface area contributed by atoms with E-state index in [9.17, 15) is 4.79 Å². The zero-order valence-corrected chi connectivity index (χ0v) is 16.9. The van der Waals surface area contributed by atoms with Gasteiger partial charge in [0.25, 0.3) is 5.56 Å². The van der Waals surface area contributed by atoms with Crippen LogP contribution in [0.2, 0.25) is 0 Å². The molecule has 0 amide bonds. The van der Waals surface area contributed by atoms with E-state index < -0.39 is 0 Å². The highest BCUT2D eigenvalue weighted by molar-refractivity contribution is 9.10. The lowest BCUT2D eigenvalue weighted by Gasteiger charge is -2.06. The van der Waals surface area contributed by atoms with Gasteiger partial charge < -0.3 is 8.83 Å². The molecule has 2 aromatic carbocycles. The zero-order valence-electron chi connectivity index (χ0n) is 15.3. The molecule has 0 radical (unpaired) electrons. The molecule has 0 bridgehead atoms. The summed E-state index contributed by atoms with van der Waals surface area (Å²) in [6.07, 6.45) is 1.49. The van der Waals surface area contributed by atoms with Crippen LogP contribution in [0.25, 0.3) is 33.5 Å². The Morgan fingerprint density at radius 3 is 2.76 bits per heavy atom. The highest BCUT2D eigenvalue weighted by Crippen LogP contribution is 2.29. The molecule has 0 saturated heterocycles. The van der Waals surface area contributed by atoms with Gasteiger partial charge in [-0.15, -0.1) is 0 Å². The van der Waals surface area contributed by atoms with Crippen molar-refractivity contribution < 1.29 is 8.83 Å². The molecular formula is C22H14BrN3O3. The number of para-hydroxylation sites is 1. The van der Waals surface area contributed by atoms with Crippen LogP contribution >= 0.6 is 15.9 Å². The zero-order chi connectivity index (χ0) is 20.0. The maximum absolute atomic E-state index is 13.1. The van der Waals surface area contributed by atoms with E-state index >= 15 is 0 Å². The van der Waals surface area contributed by atoms with E-state index in [2.05, 4.69) is 26.0 Å². The van der Waals surface area contributed by atoms with Gasteiger partial charge in [0.1, 0.15) is 17.1 Å². The van der Waals surface area contributed by atoms with Crippen molar-refractivity contribution >= 4 is 44.0 Å². The van der Waals surface area contributed by atoms with Gasteiger partial charge in [0.15, 0.2) is 5.76 Å². The van der Waals surface area contributed by atoms with E-state index in [1.165, 1.54) is 10.9 Å². The smallest absolute Gasteiger partial charge is 0.282 e. The fourth-order valence-corrected chi connectivity index (χ4v) is 3.53. The van der Waals surface area contributed by atoms with Crippen LogP contribution in [0.1, 0.15) is 11.5 Å². The second kappa shape index (κ2) is 6.86. The van der Waals surface area contributed by atoms with Gasteiger partial charge >= 0.3 is 0 Å². The van der Waals surface area contributed by atoms with E-state index in [1.54, 1.807) is 24.3 Å². The summed E-state index contributed by atoms with van der Waals surface area (Å²) in [5, 5.41) is 5.73. The summed E-state index contributed by atoms with van der Waals surface area (Å²) < 4.78 is 13.7. The largest absolute Gasteiger partial charge is 0.460 e. The molecular weight excluding hydrogens is 434 g/mol. The molecule has 0 unspecified atom stereocenters. The Bertz CT molecular complexity index is 1460. The van der Waals surface area contributed by atoms with Gasteiger partial charge in [-0.1, -0.05) is 28.1 Å². The maximum Gasteiger partial charge on any atom is 0.282 e. The first-order valence-corrected chi connectivity index (χ1v) is 9.70. The number of hydrogen-bond acceptors (Lipinski definition) is 5. The second-order valence-corrected chi connectivity index (χ2v) is 7.47. The van der Waals surface area contributed by atoms with Crippen molar-refractivity contribution in [2.75, 3.05) is 0 Å². The van der Waals surface area contributed by atoms with E-state index in [0.29, 0.717) is 33.8 Å². The first kappa shape index (κ1) is 17.6. The molecule has 29 heavy (non-hydrogen) atoms. The van der Waals surface area contributed by atoms with Crippen LogP contribution < -0.4 is 5.56 Å². The third-order valence-corrected chi connectivity index (χ3v) is 5.01. The van der Waals surface area contributed by atoms with Crippen LogP contribution in [0.15, 0.2) is 83.9 Å². The fraction of sp³-hybridized carbons (Fsp3) is 0.0455. The van der Waals surface area contributed by atoms with Crippen LogP contribution in [-0.2, 0) is 0 Å². The third-order valence-electron chi connectivity index (χ3n) is 4.51. The van der Waals surface area contributed by atoms with E-state index in [4.69, 9.17) is 8.83 Å². The molecule has 0 atom stereocenters. The van der Waals surface area contributed by atoms with Crippen LogP contribution in [0.5, 0.6) is 0 Å². The Balaban J connectivity index is 1.75. The number of aryl methyl sites for hydroxylation is 1. The summed E-state index contributed by atoms with van der Waals surface area (Å²) in [5.41, 5.74) is 0.990. The Morgan fingerprint density at radius 2 is 1.93 bits per heavy atom. The lowest BCUT2D eigenvalue weighted by Crippen LogP contribution is -2.20. The second-order valence-electron chi connectivity index (χ2n) is 6.56. The Kier molecular flexibility index (Phi) is 4.17. The number of nitrogens with zero attached hydrogens (tertiary/aromatic N) is 3. The molecule has 0 fully saturated rings. The van der Waals surface area contributed by atoms with Crippen molar-refractivity contribution in [1.82, 2.24) is 9.66 Å². The highest BCUT2D eigenvalue weighted by atomic mass is 79.9. The van der Waals surface area contributed by atoms with Gasteiger partial charge in [0.05, 0.1) is 17.1 Å². The van der Waals surface area contributed by atoms with Crippen LogP contribution in [-0.4, -0.2) is 15.9 Å². The van der Waals surface area contributed by atoms with E-state index in [1.807, 2.05) is 43.3 Å². The molecule has 142 valence electrons. The van der Waals surface area contributed by atoms with Gasteiger partial charge in [-0.2, -0.15) is 9.78 Å². The first-order chi connectivity index (χ1) is 14.1. The summed E-state index contributed by atoms with van der Waals surface area (Å²) in [4.78, 5) is 17.8. The number of fused-ring (bicyclic) bond motifs is 2. The first-order valence-electron chi connectivity index (χ1n) is 8.90. The molecule has 0 N–H and O–H groups in total. The lowest BCUT2D eigenvalue weighted by atomic mass is 10.2. The van der Waals surface area contributed by atoms with Gasteiger partial charge in [0.2, 0.25) is 5.82 Å². The van der Waals surface area contributed by atoms with Crippen molar-refractivity contribution in [3.05, 3.63) is 87.0 Å². The van der Waals surface area contributed by atoms with Crippen molar-refractivity contribution in [2.24, 2.45) is 5.10 Å². The minimum absolute atomic E-state index is 0.285. The summed E-state index contributed by atoms with van der Waals surface area (Å²) in [6.45, 7) is 1.85. The number of rotatable bonds is 3. The minimum Gasteiger partial charge on any atom is -0.460 e. The van der Waals surface area contributed by atoms with Crippen molar-refractivity contribution in [3.8, 4) is 11.6 Å². The Morgan fingerprint density at radius 1 is 1.07 bits per heavy atom. The number of benzene rings is 2. The number of aromatic nitrogens is 2. The van der Waals surface area contributed by atoms with Gasteiger partial charge in [-0.05, 0) is 55.5 Å². The normalized spacial score (nSPS) is 11.8.